The van der Waals surface area contributed by atoms with E-state index in [1.165, 1.54) is 12.0 Å². The van der Waals surface area contributed by atoms with Gasteiger partial charge < -0.3 is 20.7 Å². The van der Waals surface area contributed by atoms with E-state index in [2.05, 4.69) is 5.32 Å². The number of carbonyl (C=O) groups is 1. The first-order valence-corrected chi connectivity index (χ1v) is 5.32. The summed E-state index contributed by atoms with van der Waals surface area (Å²) in [5.74, 6) is 0.478. The normalized spacial score (nSPS) is 9.59. The molecule has 0 heterocycles. The number of ether oxygens (including phenoxy) is 1. The highest BCUT2D eigenvalue weighted by atomic mass is 32.1. The summed E-state index contributed by atoms with van der Waals surface area (Å²) in [6.07, 6.45) is 0. The van der Waals surface area contributed by atoms with E-state index in [1.807, 2.05) is 0 Å². The molecular formula is C11H15N3O2S. The van der Waals surface area contributed by atoms with Crippen LogP contribution in [-0.2, 0) is 0 Å². The van der Waals surface area contributed by atoms with Crippen LogP contribution in [0.4, 0.5) is 5.69 Å². The van der Waals surface area contributed by atoms with Crippen molar-refractivity contribution >= 4 is 28.9 Å². The average Bonchev–Trinajstić information content (AvgIpc) is 2.27. The maximum atomic E-state index is 11.8. The molecule has 1 amide bonds. The fourth-order valence-corrected chi connectivity index (χ4v) is 1.44. The predicted molar refractivity (Wildman–Crippen MR) is 71.4 cm³/mol. The second kappa shape index (κ2) is 5.49. The first-order valence-electron chi connectivity index (χ1n) is 4.92. The fraction of sp³-hybridized carbons (Fsp3) is 0.273. The van der Waals surface area contributed by atoms with Crippen LogP contribution in [0, 0.1) is 0 Å². The molecule has 0 aliphatic heterocycles. The van der Waals surface area contributed by atoms with E-state index >= 15 is 0 Å². The summed E-state index contributed by atoms with van der Waals surface area (Å²) in [5.41, 5.74) is 6.52. The Morgan fingerprint density at radius 1 is 1.47 bits per heavy atom. The van der Waals surface area contributed by atoms with Crippen molar-refractivity contribution in [1.82, 2.24) is 4.90 Å². The number of nitrogens with two attached hydrogens (primary N) is 1. The van der Waals surface area contributed by atoms with Crippen molar-refractivity contribution in [2.75, 3.05) is 26.5 Å². The standard InChI is InChI=1S/C11H15N3O2S/c1-14(2)10(15)7-4-5-9(16-3)8(6-7)13-11(12)17/h4-6H,1-3H3,(H3,12,13,17). The summed E-state index contributed by atoms with van der Waals surface area (Å²) in [7, 11) is 4.91. The molecule has 1 aromatic carbocycles. The summed E-state index contributed by atoms with van der Waals surface area (Å²) in [5, 5.41) is 2.89. The quantitative estimate of drug-likeness (QED) is 0.788. The van der Waals surface area contributed by atoms with Crippen LogP contribution in [0.15, 0.2) is 18.2 Å². The monoisotopic (exact) mass is 253 g/mol. The predicted octanol–water partition coefficient (Wildman–Crippen LogP) is 1.05. The van der Waals surface area contributed by atoms with E-state index in [4.69, 9.17) is 22.7 Å². The number of nitrogens with one attached hydrogen (secondary N) is 1. The molecule has 6 heteroatoms. The molecule has 0 bridgehead atoms. The minimum atomic E-state index is -0.0985. The van der Waals surface area contributed by atoms with E-state index in [9.17, 15) is 4.79 Å². The molecule has 1 aromatic rings. The lowest BCUT2D eigenvalue weighted by molar-refractivity contribution is 0.0827. The Kier molecular flexibility index (Phi) is 4.28. The summed E-state index contributed by atoms with van der Waals surface area (Å²) in [6, 6.07) is 5.03. The van der Waals surface area contributed by atoms with Crippen molar-refractivity contribution < 1.29 is 9.53 Å². The molecule has 0 radical (unpaired) electrons. The van der Waals surface area contributed by atoms with Gasteiger partial charge in [-0.1, -0.05) is 0 Å². The topological polar surface area (TPSA) is 67.6 Å². The second-order valence-corrected chi connectivity index (χ2v) is 4.04. The molecule has 0 aliphatic carbocycles. The number of benzene rings is 1. The molecule has 0 unspecified atom stereocenters. The summed E-state index contributed by atoms with van der Waals surface area (Å²) < 4.78 is 5.14. The number of hydrogen-bond donors (Lipinski definition) is 2. The Hall–Kier alpha value is -1.82. The number of amides is 1. The smallest absolute Gasteiger partial charge is 0.253 e. The van der Waals surface area contributed by atoms with E-state index in [1.54, 1.807) is 32.3 Å². The Labute approximate surface area is 106 Å². The van der Waals surface area contributed by atoms with E-state index < -0.39 is 0 Å². The first-order chi connectivity index (χ1) is 7.95. The molecule has 1 rings (SSSR count). The van der Waals surface area contributed by atoms with Crippen LogP contribution in [0.2, 0.25) is 0 Å². The summed E-state index contributed by atoms with van der Waals surface area (Å²) >= 11 is 4.76. The van der Waals surface area contributed by atoms with E-state index in [0.29, 0.717) is 17.0 Å². The first kappa shape index (κ1) is 13.2. The van der Waals surface area contributed by atoms with Crippen molar-refractivity contribution in [3.8, 4) is 5.75 Å². The highest BCUT2D eigenvalue weighted by Gasteiger charge is 2.11. The van der Waals surface area contributed by atoms with Gasteiger partial charge in [0.15, 0.2) is 5.11 Å². The van der Waals surface area contributed by atoms with Gasteiger partial charge in [0.2, 0.25) is 0 Å². The molecule has 0 aromatic heterocycles. The fourth-order valence-electron chi connectivity index (χ4n) is 1.33. The Balaban J connectivity index is 3.12. The van der Waals surface area contributed by atoms with Crippen LogP contribution in [0.5, 0.6) is 5.75 Å². The number of thiocarbonyl (C=S) groups is 1. The molecule has 5 nitrogen and oxygen atoms in total. The van der Waals surface area contributed by atoms with Crippen LogP contribution in [0.1, 0.15) is 10.4 Å². The van der Waals surface area contributed by atoms with Gasteiger partial charge in [-0.2, -0.15) is 0 Å². The Morgan fingerprint density at radius 3 is 2.59 bits per heavy atom. The number of hydrogen-bond acceptors (Lipinski definition) is 3. The van der Waals surface area contributed by atoms with E-state index in [-0.39, 0.29) is 11.0 Å². The largest absolute Gasteiger partial charge is 0.495 e. The van der Waals surface area contributed by atoms with Crippen LogP contribution in [0.25, 0.3) is 0 Å². The maximum absolute atomic E-state index is 11.8. The lowest BCUT2D eigenvalue weighted by Gasteiger charge is -2.14. The zero-order valence-corrected chi connectivity index (χ0v) is 10.8. The molecular weight excluding hydrogens is 238 g/mol. The number of anilines is 1. The van der Waals surface area contributed by atoms with Gasteiger partial charge in [0.25, 0.3) is 5.91 Å². The highest BCUT2D eigenvalue weighted by Crippen LogP contribution is 2.25. The minimum absolute atomic E-state index is 0.0985. The molecule has 0 spiro atoms. The SMILES string of the molecule is COc1ccc(C(=O)N(C)C)cc1NC(N)=S. The number of methoxy groups -OCH3 is 1. The van der Waals surface area contributed by atoms with E-state index in [0.717, 1.165) is 0 Å². The van der Waals surface area contributed by atoms with Crippen LogP contribution >= 0.6 is 12.2 Å². The molecule has 0 fully saturated rings. The number of carbonyl (C=O) groups excluding carboxylic acids is 1. The van der Waals surface area contributed by atoms with Crippen molar-refractivity contribution in [2.24, 2.45) is 5.73 Å². The molecule has 0 saturated carbocycles. The minimum Gasteiger partial charge on any atom is -0.495 e. The van der Waals surface area contributed by atoms with Crippen LogP contribution in [-0.4, -0.2) is 37.1 Å². The van der Waals surface area contributed by atoms with Gasteiger partial charge in [0.05, 0.1) is 12.8 Å². The van der Waals surface area contributed by atoms with Gasteiger partial charge in [-0.25, -0.2) is 0 Å². The molecule has 0 saturated heterocycles. The van der Waals surface area contributed by atoms with Crippen molar-refractivity contribution in [3.63, 3.8) is 0 Å². The van der Waals surface area contributed by atoms with Crippen molar-refractivity contribution in [1.29, 1.82) is 0 Å². The van der Waals surface area contributed by atoms with Crippen LogP contribution in [0.3, 0.4) is 0 Å². The third kappa shape index (κ3) is 3.32. The molecule has 92 valence electrons. The van der Waals surface area contributed by atoms with Crippen molar-refractivity contribution in [3.05, 3.63) is 23.8 Å². The highest BCUT2D eigenvalue weighted by molar-refractivity contribution is 7.80. The third-order valence-corrected chi connectivity index (χ3v) is 2.21. The molecule has 17 heavy (non-hydrogen) atoms. The van der Waals surface area contributed by atoms with Gasteiger partial charge in [-0.3, -0.25) is 4.79 Å². The third-order valence-electron chi connectivity index (χ3n) is 2.11. The Morgan fingerprint density at radius 2 is 2.12 bits per heavy atom. The molecule has 3 N–H and O–H groups in total. The van der Waals surface area contributed by atoms with Crippen LogP contribution < -0.4 is 15.8 Å². The maximum Gasteiger partial charge on any atom is 0.253 e. The molecule has 0 aliphatic rings. The summed E-state index contributed by atoms with van der Waals surface area (Å²) in [6.45, 7) is 0. The Bertz CT molecular complexity index is 446. The van der Waals surface area contributed by atoms with Gasteiger partial charge in [-0.15, -0.1) is 0 Å². The van der Waals surface area contributed by atoms with Crippen molar-refractivity contribution in [2.45, 2.75) is 0 Å². The summed E-state index contributed by atoms with van der Waals surface area (Å²) in [4.78, 5) is 13.3. The lowest BCUT2D eigenvalue weighted by Crippen LogP contribution is -2.23. The molecule has 0 atom stereocenters. The van der Waals surface area contributed by atoms with Gasteiger partial charge in [-0.05, 0) is 30.4 Å². The number of rotatable bonds is 3. The number of nitrogens with zero attached hydrogens (tertiary/aromatic N) is 1. The zero-order valence-electron chi connectivity index (χ0n) is 9.98. The second-order valence-electron chi connectivity index (χ2n) is 3.60. The van der Waals surface area contributed by atoms with Gasteiger partial charge in [0.1, 0.15) is 5.75 Å². The van der Waals surface area contributed by atoms with Gasteiger partial charge in [0, 0.05) is 19.7 Å². The average molecular weight is 253 g/mol. The van der Waals surface area contributed by atoms with Gasteiger partial charge >= 0.3 is 0 Å². The lowest BCUT2D eigenvalue weighted by atomic mass is 10.1. The zero-order chi connectivity index (χ0) is 13.0.